The molecule has 21 heavy (non-hydrogen) atoms. The number of nitrogens with zero attached hydrogens (tertiary/aromatic N) is 3. The van der Waals surface area contributed by atoms with E-state index in [1.54, 1.807) is 7.11 Å². The molecular formula is C16H24N4O. The summed E-state index contributed by atoms with van der Waals surface area (Å²) >= 11 is 0. The van der Waals surface area contributed by atoms with E-state index in [0.29, 0.717) is 0 Å². The van der Waals surface area contributed by atoms with Gasteiger partial charge in [-0.2, -0.15) is 0 Å². The first-order valence-electron chi connectivity index (χ1n) is 7.54. The zero-order chi connectivity index (χ0) is 15.1. The Hall–Kier alpha value is -1.72. The lowest BCUT2D eigenvalue weighted by molar-refractivity contribution is 0.0590. The van der Waals surface area contributed by atoms with Crippen LogP contribution >= 0.6 is 0 Å². The average Bonchev–Trinajstić information content (AvgIpc) is 3.01. The van der Waals surface area contributed by atoms with Gasteiger partial charge in [-0.3, -0.25) is 0 Å². The van der Waals surface area contributed by atoms with Crippen molar-refractivity contribution in [1.82, 2.24) is 20.3 Å². The van der Waals surface area contributed by atoms with Gasteiger partial charge in [-0.15, -0.1) is 5.10 Å². The van der Waals surface area contributed by atoms with Crippen LogP contribution in [0.1, 0.15) is 38.4 Å². The second-order valence-electron chi connectivity index (χ2n) is 5.00. The van der Waals surface area contributed by atoms with Crippen molar-refractivity contribution in [1.29, 1.82) is 0 Å². The smallest absolute Gasteiger partial charge is 0.0841 e. The van der Waals surface area contributed by atoms with E-state index in [4.69, 9.17) is 4.74 Å². The predicted molar refractivity (Wildman–Crippen MR) is 83.5 cm³/mol. The first-order valence-corrected chi connectivity index (χ1v) is 7.54. The first kappa shape index (κ1) is 15.7. The van der Waals surface area contributed by atoms with Gasteiger partial charge in [-0.1, -0.05) is 43.7 Å². The SMILES string of the molecule is CCCC(OC)C(NCC)c1cnnn1-c1ccccc1. The lowest BCUT2D eigenvalue weighted by Gasteiger charge is -2.26. The first-order chi connectivity index (χ1) is 10.3. The van der Waals surface area contributed by atoms with Gasteiger partial charge in [0.1, 0.15) is 0 Å². The molecule has 0 fully saturated rings. The molecule has 0 aliphatic rings. The zero-order valence-corrected chi connectivity index (χ0v) is 13.0. The van der Waals surface area contributed by atoms with E-state index in [0.717, 1.165) is 30.8 Å². The number of ether oxygens (including phenoxy) is 1. The average molecular weight is 288 g/mol. The summed E-state index contributed by atoms with van der Waals surface area (Å²) in [6.45, 7) is 5.14. The maximum atomic E-state index is 5.69. The summed E-state index contributed by atoms with van der Waals surface area (Å²) in [5.41, 5.74) is 2.04. The standard InChI is InChI=1S/C16H24N4O/c1-4-9-15(21-3)16(17-5-2)14-12-18-19-20(14)13-10-7-6-8-11-13/h6-8,10-12,15-17H,4-5,9H2,1-3H3. The third kappa shape index (κ3) is 3.68. The molecule has 1 aromatic heterocycles. The molecule has 1 N–H and O–H groups in total. The molecule has 0 saturated carbocycles. The van der Waals surface area contributed by atoms with Crippen molar-refractivity contribution in [3.05, 3.63) is 42.2 Å². The van der Waals surface area contributed by atoms with Crippen LogP contribution in [0.5, 0.6) is 0 Å². The van der Waals surface area contributed by atoms with Crippen molar-refractivity contribution in [2.45, 2.75) is 38.8 Å². The van der Waals surface area contributed by atoms with Crippen molar-refractivity contribution in [3.63, 3.8) is 0 Å². The molecule has 5 heteroatoms. The molecule has 0 saturated heterocycles. The molecule has 2 aromatic rings. The van der Waals surface area contributed by atoms with Gasteiger partial charge in [0.15, 0.2) is 0 Å². The maximum absolute atomic E-state index is 5.69. The third-order valence-corrected chi connectivity index (χ3v) is 3.57. The van der Waals surface area contributed by atoms with Crippen LogP contribution in [-0.2, 0) is 4.74 Å². The number of para-hydroxylation sites is 1. The summed E-state index contributed by atoms with van der Waals surface area (Å²) in [6, 6.07) is 10.1. The van der Waals surface area contributed by atoms with Gasteiger partial charge in [0, 0.05) is 7.11 Å². The van der Waals surface area contributed by atoms with E-state index in [-0.39, 0.29) is 12.1 Å². The van der Waals surface area contributed by atoms with Crippen molar-refractivity contribution in [2.24, 2.45) is 0 Å². The number of hydrogen-bond acceptors (Lipinski definition) is 4. The number of rotatable bonds is 8. The summed E-state index contributed by atoms with van der Waals surface area (Å²) in [5.74, 6) is 0. The molecule has 1 heterocycles. The molecule has 0 aliphatic heterocycles. The number of aromatic nitrogens is 3. The molecular weight excluding hydrogens is 264 g/mol. The number of nitrogens with one attached hydrogen (secondary N) is 1. The second kappa shape index (κ2) is 7.90. The highest BCUT2D eigenvalue weighted by Crippen LogP contribution is 2.23. The monoisotopic (exact) mass is 288 g/mol. The number of likely N-dealkylation sites (N-methyl/N-ethyl adjacent to an activating group) is 1. The Balaban J connectivity index is 2.35. The summed E-state index contributed by atoms with van der Waals surface area (Å²) in [4.78, 5) is 0. The minimum absolute atomic E-state index is 0.0788. The fourth-order valence-electron chi connectivity index (χ4n) is 2.58. The Kier molecular flexibility index (Phi) is 5.90. The van der Waals surface area contributed by atoms with Gasteiger partial charge in [0.2, 0.25) is 0 Å². The van der Waals surface area contributed by atoms with Gasteiger partial charge in [-0.05, 0) is 25.1 Å². The van der Waals surface area contributed by atoms with E-state index in [1.807, 2.05) is 41.2 Å². The zero-order valence-electron chi connectivity index (χ0n) is 13.0. The number of hydrogen-bond donors (Lipinski definition) is 1. The second-order valence-corrected chi connectivity index (χ2v) is 5.00. The Labute approximate surface area is 126 Å². The molecule has 2 unspecified atom stereocenters. The van der Waals surface area contributed by atoms with Crippen molar-refractivity contribution < 1.29 is 4.74 Å². The molecule has 0 bridgehead atoms. The van der Waals surface area contributed by atoms with Crippen molar-refractivity contribution in [2.75, 3.05) is 13.7 Å². The Morgan fingerprint density at radius 1 is 1.24 bits per heavy atom. The Bertz CT molecular complexity index is 526. The minimum atomic E-state index is 0.0788. The normalized spacial score (nSPS) is 14.0. The van der Waals surface area contributed by atoms with Crippen LogP contribution in [0.2, 0.25) is 0 Å². The van der Waals surface area contributed by atoms with Gasteiger partial charge in [0.05, 0.1) is 29.7 Å². The number of methoxy groups -OCH3 is 1. The van der Waals surface area contributed by atoms with E-state index < -0.39 is 0 Å². The Morgan fingerprint density at radius 3 is 2.62 bits per heavy atom. The minimum Gasteiger partial charge on any atom is -0.379 e. The van der Waals surface area contributed by atoms with Crippen LogP contribution in [-0.4, -0.2) is 34.8 Å². The number of benzene rings is 1. The highest BCUT2D eigenvalue weighted by molar-refractivity contribution is 5.32. The molecule has 0 aliphatic carbocycles. The predicted octanol–water partition coefficient (Wildman–Crippen LogP) is 2.73. The van der Waals surface area contributed by atoms with E-state index in [9.17, 15) is 0 Å². The highest BCUT2D eigenvalue weighted by Gasteiger charge is 2.25. The van der Waals surface area contributed by atoms with E-state index in [1.165, 1.54) is 0 Å². The maximum Gasteiger partial charge on any atom is 0.0841 e. The van der Waals surface area contributed by atoms with Crippen LogP contribution in [0.15, 0.2) is 36.5 Å². The van der Waals surface area contributed by atoms with Crippen LogP contribution < -0.4 is 5.32 Å². The van der Waals surface area contributed by atoms with E-state index in [2.05, 4.69) is 29.5 Å². The van der Waals surface area contributed by atoms with Crippen LogP contribution in [0, 0.1) is 0 Å². The lowest BCUT2D eigenvalue weighted by atomic mass is 10.0. The molecule has 2 atom stereocenters. The van der Waals surface area contributed by atoms with Gasteiger partial charge in [-0.25, -0.2) is 4.68 Å². The molecule has 0 amide bonds. The van der Waals surface area contributed by atoms with Gasteiger partial charge < -0.3 is 10.1 Å². The lowest BCUT2D eigenvalue weighted by Crippen LogP contribution is -2.34. The summed E-state index contributed by atoms with van der Waals surface area (Å²) in [7, 11) is 1.77. The molecule has 2 rings (SSSR count). The largest absolute Gasteiger partial charge is 0.379 e. The Morgan fingerprint density at radius 2 is 2.00 bits per heavy atom. The van der Waals surface area contributed by atoms with E-state index >= 15 is 0 Å². The van der Waals surface area contributed by atoms with Gasteiger partial charge in [0.25, 0.3) is 0 Å². The van der Waals surface area contributed by atoms with Crippen LogP contribution in [0.25, 0.3) is 5.69 Å². The quantitative estimate of drug-likeness (QED) is 0.811. The summed E-state index contributed by atoms with van der Waals surface area (Å²) < 4.78 is 7.57. The van der Waals surface area contributed by atoms with Crippen molar-refractivity contribution >= 4 is 0 Å². The fourth-order valence-corrected chi connectivity index (χ4v) is 2.58. The molecule has 114 valence electrons. The summed E-state index contributed by atoms with van der Waals surface area (Å²) in [6.07, 6.45) is 4.00. The molecule has 5 nitrogen and oxygen atoms in total. The highest BCUT2D eigenvalue weighted by atomic mass is 16.5. The molecule has 1 aromatic carbocycles. The third-order valence-electron chi connectivity index (χ3n) is 3.57. The van der Waals surface area contributed by atoms with Crippen molar-refractivity contribution in [3.8, 4) is 5.69 Å². The molecule has 0 spiro atoms. The van der Waals surface area contributed by atoms with Crippen LogP contribution in [0.4, 0.5) is 0 Å². The summed E-state index contributed by atoms with van der Waals surface area (Å²) in [5, 5.41) is 11.8. The topological polar surface area (TPSA) is 52.0 Å². The molecule has 0 radical (unpaired) electrons. The van der Waals surface area contributed by atoms with Crippen LogP contribution in [0.3, 0.4) is 0 Å². The van der Waals surface area contributed by atoms with Gasteiger partial charge >= 0.3 is 0 Å². The fraction of sp³-hybridized carbons (Fsp3) is 0.500.